The van der Waals surface area contributed by atoms with Crippen LogP contribution in [0.15, 0.2) is 30.3 Å². The SMILES string of the molecule is CC1CC[NH+](CNC(=O)c2ccccc2)CC1. The molecule has 1 saturated heterocycles. The fourth-order valence-corrected chi connectivity index (χ4v) is 2.24. The van der Waals surface area contributed by atoms with Crippen molar-refractivity contribution in [3.63, 3.8) is 0 Å². The molecule has 1 heterocycles. The van der Waals surface area contributed by atoms with Crippen molar-refractivity contribution < 1.29 is 9.69 Å². The van der Waals surface area contributed by atoms with E-state index in [2.05, 4.69) is 12.2 Å². The van der Waals surface area contributed by atoms with Gasteiger partial charge in [0.1, 0.15) is 0 Å². The highest BCUT2D eigenvalue weighted by atomic mass is 16.1. The zero-order chi connectivity index (χ0) is 12.1. The van der Waals surface area contributed by atoms with Crippen molar-refractivity contribution >= 4 is 5.91 Å². The molecule has 2 rings (SSSR count). The van der Waals surface area contributed by atoms with Crippen molar-refractivity contribution in [2.75, 3.05) is 19.8 Å². The predicted molar refractivity (Wildman–Crippen MR) is 67.9 cm³/mol. The van der Waals surface area contributed by atoms with Gasteiger partial charge in [0.2, 0.25) is 0 Å². The van der Waals surface area contributed by atoms with Crippen molar-refractivity contribution in [2.24, 2.45) is 5.92 Å². The first-order chi connectivity index (χ1) is 8.25. The molecule has 0 bridgehead atoms. The van der Waals surface area contributed by atoms with E-state index >= 15 is 0 Å². The van der Waals surface area contributed by atoms with Crippen LogP contribution in [0.5, 0.6) is 0 Å². The smallest absolute Gasteiger partial charge is 0.255 e. The number of rotatable bonds is 3. The molecule has 92 valence electrons. The molecule has 1 aromatic carbocycles. The number of likely N-dealkylation sites (tertiary alicyclic amines) is 1. The molecule has 0 saturated carbocycles. The van der Waals surface area contributed by atoms with E-state index in [1.54, 1.807) is 0 Å². The van der Waals surface area contributed by atoms with E-state index in [0.29, 0.717) is 0 Å². The Morgan fingerprint density at radius 2 is 1.94 bits per heavy atom. The quantitative estimate of drug-likeness (QED) is 0.791. The van der Waals surface area contributed by atoms with Crippen molar-refractivity contribution in [1.82, 2.24) is 5.32 Å². The topological polar surface area (TPSA) is 33.5 Å². The van der Waals surface area contributed by atoms with Gasteiger partial charge in [-0.15, -0.1) is 0 Å². The number of carbonyl (C=O) groups is 1. The van der Waals surface area contributed by atoms with Gasteiger partial charge >= 0.3 is 0 Å². The summed E-state index contributed by atoms with van der Waals surface area (Å²) in [7, 11) is 0. The van der Waals surface area contributed by atoms with Gasteiger partial charge in [-0.05, 0) is 30.9 Å². The molecule has 1 aliphatic rings. The van der Waals surface area contributed by atoms with Crippen LogP contribution >= 0.6 is 0 Å². The third-order valence-electron chi connectivity index (χ3n) is 3.52. The van der Waals surface area contributed by atoms with E-state index in [1.807, 2.05) is 30.3 Å². The van der Waals surface area contributed by atoms with E-state index in [-0.39, 0.29) is 5.91 Å². The highest BCUT2D eigenvalue weighted by Crippen LogP contribution is 2.06. The van der Waals surface area contributed by atoms with E-state index in [4.69, 9.17) is 0 Å². The number of nitrogens with one attached hydrogen (secondary N) is 2. The second-order valence-corrected chi connectivity index (χ2v) is 4.98. The molecule has 1 fully saturated rings. The van der Waals surface area contributed by atoms with E-state index < -0.39 is 0 Å². The highest BCUT2D eigenvalue weighted by Gasteiger charge is 2.19. The lowest BCUT2D eigenvalue weighted by atomic mass is 10.00. The van der Waals surface area contributed by atoms with Crippen LogP contribution < -0.4 is 10.2 Å². The Morgan fingerprint density at radius 3 is 2.59 bits per heavy atom. The molecule has 2 N–H and O–H groups in total. The van der Waals surface area contributed by atoms with Crippen LogP contribution in [0.2, 0.25) is 0 Å². The van der Waals surface area contributed by atoms with E-state index in [0.717, 1.165) is 18.2 Å². The molecule has 0 aromatic heterocycles. The normalized spacial score (nSPS) is 24.3. The monoisotopic (exact) mass is 233 g/mol. The van der Waals surface area contributed by atoms with Crippen LogP contribution in [0.25, 0.3) is 0 Å². The molecular formula is C14H21N2O+. The summed E-state index contributed by atoms with van der Waals surface area (Å²) in [6.07, 6.45) is 2.55. The summed E-state index contributed by atoms with van der Waals surface area (Å²) < 4.78 is 0. The lowest BCUT2D eigenvalue weighted by Crippen LogP contribution is -3.14. The number of hydrogen-bond donors (Lipinski definition) is 2. The Bertz CT molecular complexity index is 356. The van der Waals surface area contributed by atoms with Crippen molar-refractivity contribution in [3.8, 4) is 0 Å². The Kier molecular flexibility index (Phi) is 4.15. The third-order valence-corrected chi connectivity index (χ3v) is 3.52. The van der Waals surface area contributed by atoms with Crippen LogP contribution in [-0.2, 0) is 0 Å². The Balaban J connectivity index is 1.77. The number of quaternary nitrogens is 1. The van der Waals surface area contributed by atoms with Gasteiger partial charge in [0.05, 0.1) is 13.1 Å². The lowest BCUT2D eigenvalue weighted by Gasteiger charge is -2.27. The van der Waals surface area contributed by atoms with Gasteiger partial charge in [0, 0.05) is 5.56 Å². The maximum atomic E-state index is 11.8. The molecule has 3 heteroatoms. The number of benzene rings is 1. The number of piperidine rings is 1. The zero-order valence-electron chi connectivity index (χ0n) is 10.4. The van der Waals surface area contributed by atoms with Crippen LogP contribution in [0.1, 0.15) is 30.1 Å². The van der Waals surface area contributed by atoms with Gasteiger partial charge in [-0.25, -0.2) is 0 Å². The van der Waals surface area contributed by atoms with Gasteiger partial charge in [0.25, 0.3) is 5.91 Å². The number of amides is 1. The number of hydrogen-bond acceptors (Lipinski definition) is 1. The second-order valence-electron chi connectivity index (χ2n) is 4.98. The van der Waals surface area contributed by atoms with Gasteiger partial charge in [-0.1, -0.05) is 25.1 Å². The van der Waals surface area contributed by atoms with Crippen molar-refractivity contribution in [2.45, 2.75) is 19.8 Å². The molecular weight excluding hydrogens is 212 g/mol. The fraction of sp³-hybridized carbons (Fsp3) is 0.500. The highest BCUT2D eigenvalue weighted by molar-refractivity contribution is 5.93. The minimum atomic E-state index is 0.0386. The minimum Gasteiger partial charge on any atom is -0.318 e. The minimum absolute atomic E-state index is 0.0386. The predicted octanol–water partition coefficient (Wildman–Crippen LogP) is 0.689. The molecule has 1 aromatic rings. The summed E-state index contributed by atoms with van der Waals surface area (Å²) >= 11 is 0. The first kappa shape index (κ1) is 12.1. The summed E-state index contributed by atoms with van der Waals surface area (Å²) in [5, 5.41) is 3.01. The van der Waals surface area contributed by atoms with Crippen LogP contribution in [0.4, 0.5) is 0 Å². The summed E-state index contributed by atoms with van der Waals surface area (Å²) in [6, 6.07) is 9.41. The fourth-order valence-electron chi connectivity index (χ4n) is 2.24. The van der Waals surface area contributed by atoms with Crippen LogP contribution in [0.3, 0.4) is 0 Å². The van der Waals surface area contributed by atoms with Crippen molar-refractivity contribution in [3.05, 3.63) is 35.9 Å². The van der Waals surface area contributed by atoms with E-state index in [1.165, 1.54) is 30.8 Å². The Morgan fingerprint density at radius 1 is 1.29 bits per heavy atom. The molecule has 0 aliphatic carbocycles. The summed E-state index contributed by atoms with van der Waals surface area (Å²) in [4.78, 5) is 13.3. The molecule has 0 unspecified atom stereocenters. The largest absolute Gasteiger partial charge is 0.318 e. The molecule has 0 spiro atoms. The van der Waals surface area contributed by atoms with Gasteiger partial charge in [-0.3, -0.25) is 4.79 Å². The Labute approximate surface area is 103 Å². The molecule has 17 heavy (non-hydrogen) atoms. The zero-order valence-corrected chi connectivity index (χ0v) is 10.4. The maximum absolute atomic E-state index is 11.8. The second kappa shape index (κ2) is 5.82. The van der Waals surface area contributed by atoms with Gasteiger partial charge < -0.3 is 10.2 Å². The van der Waals surface area contributed by atoms with Gasteiger partial charge in [0.15, 0.2) is 6.67 Å². The molecule has 3 nitrogen and oxygen atoms in total. The Hall–Kier alpha value is -1.35. The average Bonchev–Trinajstić information content (AvgIpc) is 2.39. The maximum Gasteiger partial charge on any atom is 0.255 e. The van der Waals surface area contributed by atoms with Crippen molar-refractivity contribution in [1.29, 1.82) is 0 Å². The standard InChI is InChI=1S/C14H20N2O/c1-12-7-9-16(10-8-12)11-15-14(17)13-5-3-2-4-6-13/h2-6,12H,7-11H2,1H3,(H,15,17)/p+1. The summed E-state index contributed by atoms with van der Waals surface area (Å²) in [6.45, 7) is 5.41. The van der Waals surface area contributed by atoms with E-state index in [9.17, 15) is 4.79 Å². The van der Waals surface area contributed by atoms with Crippen LogP contribution in [0, 0.1) is 5.92 Å². The first-order valence-electron chi connectivity index (χ1n) is 6.42. The number of carbonyl (C=O) groups excluding carboxylic acids is 1. The first-order valence-corrected chi connectivity index (χ1v) is 6.42. The molecule has 1 aliphatic heterocycles. The van der Waals surface area contributed by atoms with Crippen LogP contribution in [-0.4, -0.2) is 25.7 Å². The molecule has 1 amide bonds. The summed E-state index contributed by atoms with van der Waals surface area (Å²) in [5.74, 6) is 0.889. The third kappa shape index (κ3) is 3.56. The average molecular weight is 233 g/mol. The molecule has 0 atom stereocenters. The lowest BCUT2D eigenvalue weighted by molar-refractivity contribution is -0.907. The summed E-state index contributed by atoms with van der Waals surface area (Å²) in [5.41, 5.74) is 0.747. The molecule has 0 radical (unpaired) electrons. The van der Waals surface area contributed by atoms with Gasteiger partial charge in [-0.2, -0.15) is 0 Å².